The lowest BCUT2D eigenvalue weighted by Gasteiger charge is -2.24. The number of hydrogen-bond acceptors (Lipinski definition) is 4. The van der Waals surface area contributed by atoms with Gasteiger partial charge in [0.2, 0.25) is 0 Å². The van der Waals surface area contributed by atoms with Crippen molar-refractivity contribution in [3.8, 4) is 11.4 Å². The number of nitrogens with zero attached hydrogens (tertiary/aromatic N) is 3. The van der Waals surface area contributed by atoms with Crippen LogP contribution in [0.4, 0.5) is 0 Å². The van der Waals surface area contributed by atoms with Crippen LogP contribution in [0, 0.1) is 0 Å². The number of carbonyl (C=O) groups is 1. The van der Waals surface area contributed by atoms with Crippen LogP contribution >= 0.6 is 0 Å². The first-order valence-electron chi connectivity index (χ1n) is 6.69. The van der Waals surface area contributed by atoms with Crippen molar-refractivity contribution >= 4 is 22.3 Å². The molecule has 7 heteroatoms. The first-order chi connectivity index (χ1) is 9.91. The summed E-state index contributed by atoms with van der Waals surface area (Å²) in [4.78, 5) is 11.1. The van der Waals surface area contributed by atoms with E-state index in [9.17, 15) is 9.90 Å². The van der Waals surface area contributed by atoms with Gasteiger partial charge in [-0.05, 0) is 18.2 Å². The highest BCUT2D eigenvalue weighted by Crippen LogP contribution is 2.27. The van der Waals surface area contributed by atoms with Crippen LogP contribution in [0.15, 0.2) is 24.4 Å². The first kappa shape index (κ1) is 15.5. The molecule has 0 aliphatic rings. The first-order valence-corrected chi connectivity index (χ1v) is 7.27. The van der Waals surface area contributed by atoms with Crippen molar-refractivity contribution in [1.82, 2.24) is 15.0 Å². The summed E-state index contributed by atoms with van der Waals surface area (Å²) >= 11 is 2.82. The van der Waals surface area contributed by atoms with Crippen LogP contribution in [0.5, 0.6) is 5.75 Å². The summed E-state index contributed by atoms with van der Waals surface area (Å²) in [7, 11) is 0. The number of aromatic carboxylic acids is 1. The average Bonchev–Trinajstić information content (AvgIpc) is 2.97. The highest BCUT2D eigenvalue weighted by Gasteiger charge is 2.24. The molecular formula is C14H16AlN3O3. The normalized spacial score (nSPS) is 11.5. The van der Waals surface area contributed by atoms with Gasteiger partial charge in [0.1, 0.15) is 27.6 Å². The molecule has 108 valence electrons. The Morgan fingerprint density at radius 2 is 2.05 bits per heavy atom. The van der Waals surface area contributed by atoms with Gasteiger partial charge >= 0.3 is 5.97 Å². The fourth-order valence-electron chi connectivity index (χ4n) is 2.07. The number of aromatic nitrogens is 3. The number of carboxylic acid groups (broad SMARTS) is 1. The second kappa shape index (κ2) is 5.88. The predicted molar refractivity (Wildman–Crippen MR) is 78.0 cm³/mol. The molecule has 0 fully saturated rings. The summed E-state index contributed by atoms with van der Waals surface area (Å²) in [5.74, 6) is -1.45. The molecule has 0 aliphatic carbocycles. The van der Waals surface area contributed by atoms with Gasteiger partial charge in [0, 0.05) is 0 Å². The third-order valence-corrected chi connectivity index (χ3v) is 4.85. The molecule has 0 amide bonds. The minimum atomic E-state index is -1.18. The quantitative estimate of drug-likeness (QED) is 0.823. The molecule has 2 rings (SSSR count). The number of rotatable bonds is 5. The summed E-state index contributed by atoms with van der Waals surface area (Å²) < 4.78 is 1.39. The van der Waals surface area contributed by atoms with Crippen LogP contribution < -0.4 is 0 Å². The van der Waals surface area contributed by atoms with Crippen LogP contribution in [-0.2, 0) is 4.28 Å². The molecule has 2 radical (unpaired) electrons. The molecule has 1 heterocycles. The Balaban J connectivity index is 2.43. The minimum absolute atomic E-state index is 0.134. The van der Waals surface area contributed by atoms with Gasteiger partial charge in [-0.1, -0.05) is 36.2 Å². The lowest BCUT2D eigenvalue weighted by Crippen LogP contribution is -2.25. The van der Waals surface area contributed by atoms with Gasteiger partial charge in [0.05, 0.1) is 17.6 Å². The molecule has 6 nitrogen and oxygen atoms in total. The van der Waals surface area contributed by atoms with Crippen LogP contribution in [0.2, 0.25) is 0 Å². The molecule has 0 aliphatic heterocycles. The summed E-state index contributed by atoms with van der Waals surface area (Å²) in [6, 6.07) is 4.31. The van der Waals surface area contributed by atoms with Crippen molar-refractivity contribution in [2.75, 3.05) is 0 Å². The van der Waals surface area contributed by atoms with Crippen molar-refractivity contribution in [3.05, 3.63) is 35.7 Å². The highest BCUT2D eigenvalue weighted by atomic mass is 27.0. The molecular weight excluding hydrogens is 285 g/mol. The van der Waals surface area contributed by atoms with E-state index in [-0.39, 0.29) is 15.6 Å². The second-order valence-corrected chi connectivity index (χ2v) is 6.02. The zero-order chi connectivity index (χ0) is 15.6. The zero-order valence-corrected chi connectivity index (χ0v) is 13.1. The Hall–Kier alpha value is -1.84. The fourth-order valence-corrected chi connectivity index (χ4v) is 2.20. The third-order valence-electron chi connectivity index (χ3n) is 3.74. The monoisotopic (exact) mass is 301 g/mol. The van der Waals surface area contributed by atoms with Gasteiger partial charge in [0.25, 0.3) is 0 Å². The highest BCUT2D eigenvalue weighted by molar-refractivity contribution is 6.15. The molecule has 0 spiro atoms. The van der Waals surface area contributed by atoms with Gasteiger partial charge in [0.15, 0.2) is 0 Å². The van der Waals surface area contributed by atoms with E-state index < -0.39 is 5.97 Å². The molecule has 2 aromatic rings. The lowest BCUT2D eigenvalue weighted by molar-refractivity contribution is 0.0693. The van der Waals surface area contributed by atoms with E-state index in [1.807, 2.05) is 0 Å². The average molecular weight is 301 g/mol. The van der Waals surface area contributed by atoms with Gasteiger partial charge in [-0.25, -0.2) is 9.48 Å². The van der Waals surface area contributed by atoms with Crippen molar-refractivity contribution in [2.45, 2.75) is 31.0 Å². The smallest absolute Gasteiger partial charge is 0.339 e. The van der Waals surface area contributed by atoms with Gasteiger partial charge in [-0.3, -0.25) is 0 Å². The number of hydrogen-bond donors (Lipinski definition) is 2. The topological polar surface area (TPSA) is 88.2 Å². The van der Waals surface area contributed by atoms with Crippen molar-refractivity contribution in [1.29, 1.82) is 0 Å². The number of aromatic hydroxyl groups is 1. The van der Waals surface area contributed by atoms with E-state index in [2.05, 4.69) is 40.4 Å². The minimum Gasteiger partial charge on any atom is -0.507 e. The van der Waals surface area contributed by atoms with Gasteiger partial charge in [-0.2, -0.15) is 0 Å². The SMILES string of the molecule is CC[C]([Al])(CC)c1cn(-c2ccc(O)c(C(=O)O)c2)nn1. The van der Waals surface area contributed by atoms with Gasteiger partial charge in [-0.15, -0.1) is 5.10 Å². The maximum atomic E-state index is 11.1. The maximum absolute atomic E-state index is 11.1. The van der Waals surface area contributed by atoms with E-state index >= 15 is 0 Å². The van der Waals surface area contributed by atoms with E-state index in [0.29, 0.717) is 5.69 Å². The molecule has 0 saturated carbocycles. The molecule has 21 heavy (non-hydrogen) atoms. The van der Waals surface area contributed by atoms with E-state index in [1.165, 1.54) is 16.8 Å². The Labute approximate surface area is 130 Å². The van der Waals surface area contributed by atoms with Crippen molar-refractivity contribution in [3.63, 3.8) is 0 Å². The molecule has 1 aromatic carbocycles. The van der Waals surface area contributed by atoms with Crippen molar-refractivity contribution in [2.24, 2.45) is 0 Å². The molecule has 0 saturated heterocycles. The largest absolute Gasteiger partial charge is 0.507 e. The molecule has 1 aromatic heterocycles. The summed E-state index contributed by atoms with van der Waals surface area (Å²) in [6.45, 7) is 4.16. The van der Waals surface area contributed by atoms with E-state index in [0.717, 1.165) is 18.5 Å². The molecule has 2 N–H and O–H groups in total. The summed E-state index contributed by atoms with van der Waals surface area (Å²) in [6.07, 6.45) is 3.60. The lowest BCUT2D eigenvalue weighted by atomic mass is 9.98. The Morgan fingerprint density at radius 3 is 2.62 bits per heavy atom. The predicted octanol–water partition coefficient (Wildman–Crippen LogP) is 1.85. The number of benzene rings is 1. The van der Waals surface area contributed by atoms with E-state index in [1.54, 1.807) is 12.3 Å². The van der Waals surface area contributed by atoms with Gasteiger partial charge < -0.3 is 10.2 Å². The standard InChI is InChI=1S/C14H16N3O3.Al/c1-3-9(4-2)12-8-17(16-15-12)10-5-6-13(18)11(7-10)14(19)20;/h5-8,18H,3-4H2,1-2H3,(H,19,20);. The van der Waals surface area contributed by atoms with Crippen LogP contribution in [0.1, 0.15) is 42.7 Å². The second-order valence-electron chi connectivity index (χ2n) is 4.92. The van der Waals surface area contributed by atoms with Crippen LogP contribution in [-0.4, -0.2) is 47.5 Å². The van der Waals surface area contributed by atoms with Crippen molar-refractivity contribution < 1.29 is 15.0 Å². The fraction of sp³-hybridized carbons (Fsp3) is 0.357. The summed E-state index contributed by atoms with van der Waals surface area (Å²) in [5, 5.41) is 26.8. The zero-order valence-electron chi connectivity index (χ0n) is 11.9. The number of carboxylic acids is 1. The Morgan fingerprint density at radius 1 is 1.38 bits per heavy atom. The summed E-state index contributed by atoms with van der Waals surface area (Å²) in [5.41, 5.74) is 1.22. The van der Waals surface area contributed by atoms with E-state index in [4.69, 9.17) is 5.11 Å². The molecule has 0 bridgehead atoms. The van der Waals surface area contributed by atoms with Crippen LogP contribution in [0.3, 0.4) is 0 Å². The number of phenols is 1. The Bertz CT molecular complexity index is 665. The third kappa shape index (κ3) is 2.94. The van der Waals surface area contributed by atoms with Crippen LogP contribution in [0.25, 0.3) is 5.69 Å². The molecule has 0 unspecified atom stereocenters. The maximum Gasteiger partial charge on any atom is 0.339 e. The Kier molecular flexibility index (Phi) is 4.35. The molecule has 0 atom stereocenters.